The van der Waals surface area contributed by atoms with Crippen LogP contribution in [-0.2, 0) is 9.57 Å². The molecule has 4 nitrogen and oxygen atoms in total. The van der Waals surface area contributed by atoms with Gasteiger partial charge in [-0.2, -0.15) is 5.48 Å². The molecule has 0 heterocycles. The average molecular weight is 217 g/mol. The van der Waals surface area contributed by atoms with Gasteiger partial charge in [0.1, 0.15) is 0 Å². The lowest BCUT2D eigenvalue weighted by atomic mass is 10.0. The van der Waals surface area contributed by atoms with Crippen LogP contribution in [-0.4, -0.2) is 38.1 Å². The smallest absolute Gasteiger partial charge is 0.0915 e. The largest absolute Gasteiger partial charge is 0.392 e. The van der Waals surface area contributed by atoms with E-state index in [2.05, 4.69) is 5.48 Å². The highest BCUT2D eigenvalue weighted by atomic mass is 16.7. The number of nitrogens with one attached hydrogen (secondary N) is 1. The summed E-state index contributed by atoms with van der Waals surface area (Å²) in [6.07, 6.45) is 5.84. The van der Waals surface area contributed by atoms with Crippen molar-refractivity contribution in [2.75, 3.05) is 26.9 Å². The summed E-state index contributed by atoms with van der Waals surface area (Å²) in [7, 11) is 1.64. The van der Waals surface area contributed by atoms with Crippen LogP contribution in [0.5, 0.6) is 0 Å². The summed E-state index contributed by atoms with van der Waals surface area (Å²) in [5.41, 5.74) is 2.76. The number of hydrogen-bond donors (Lipinski definition) is 2. The van der Waals surface area contributed by atoms with Gasteiger partial charge in [-0.25, -0.2) is 0 Å². The molecule has 1 rings (SSSR count). The Labute approximate surface area is 91.9 Å². The van der Waals surface area contributed by atoms with Crippen molar-refractivity contribution in [2.45, 2.75) is 38.2 Å². The van der Waals surface area contributed by atoms with Crippen LogP contribution in [0, 0.1) is 5.92 Å². The molecule has 1 aliphatic carbocycles. The van der Waals surface area contributed by atoms with Crippen LogP contribution in [0.2, 0.25) is 0 Å². The first-order valence-electron chi connectivity index (χ1n) is 5.84. The normalized spacial score (nSPS) is 19.6. The van der Waals surface area contributed by atoms with Crippen molar-refractivity contribution >= 4 is 0 Å². The molecule has 0 saturated heterocycles. The van der Waals surface area contributed by atoms with Gasteiger partial charge in [-0.15, -0.1) is 0 Å². The topological polar surface area (TPSA) is 50.7 Å². The Bertz CT molecular complexity index is 149. The Morgan fingerprint density at radius 2 is 2.07 bits per heavy atom. The number of hydroxylamine groups is 1. The van der Waals surface area contributed by atoms with E-state index in [1.54, 1.807) is 7.11 Å². The summed E-state index contributed by atoms with van der Waals surface area (Å²) in [6.45, 7) is 1.61. The van der Waals surface area contributed by atoms with Gasteiger partial charge in [-0.1, -0.05) is 25.7 Å². The molecule has 90 valence electrons. The van der Waals surface area contributed by atoms with Gasteiger partial charge in [0.15, 0.2) is 0 Å². The summed E-state index contributed by atoms with van der Waals surface area (Å²) in [4.78, 5) is 5.07. The zero-order valence-corrected chi connectivity index (χ0v) is 9.58. The molecule has 4 heteroatoms. The number of hydrogen-bond acceptors (Lipinski definition) is 4. The van der Waals surface area contributed by atoms with Crippen LogP contribution in [0.4, 0.5) is 0 Å². The Balaban J connectivity index is 1.91. The van der Waals surface area contributed by atoms with E-state index in [9.17, 15) is 5.11 Å². The maximum Gasteiger partial charge on any atom is 0.0915 e. The second kappa shape index (κ2) is 8.05. The van der Waals surface area contributed by atoms with Crippen LogP contribution in [0.25, 0.3) is 0 Å². The van der Waals surface area contributed by atoms with E-state index in [1.165, 1.54) is 25.7 Å². The molecule has 1 unspecified atom stereocenters. The number of methoxy groups -OCH3 is 1. The molecule has 1 fully saturated rings. The minimum Gasteiger partial charge on any atom is -0.392 e. The van der Waals surface area contributed by atoms with Crippen LogP contribution < -0.4 is 5.48 Å². The minimum atomic E-state index is -0.282. The van der Waals surface area contributed by atoms with Crippen LogP contribution in [0.1, 0.15) is 32.1 Å². The third kappa shape index (κ3) is 6.10. The summed E-state index contributed by atoms with van der Waals surface area (Å²) in [6, 6.07) is 0. The highest BCUT2D eigenvalue weighted by Gasteiger charge is 2.18. The Kier molecular flexibility index (Phi) is 6.92. The Morgan fingerprint density at radius 3 is 2.73 bits per heavy atom. The number of ether oxygens (including phenoxy) is 1. The molecule has 1 atom stereocenters. The Morgan fingerprint density at radius 1 is 1.33 bits per heavy atom. The number of rotatable bonds is 8. The van der Waals surface area contributed by atoms with Crippen molar-refractivity contribution in [3.8, 4) is 0 Å². The lowest BCUT2D eigenvalue weighted by Crippen LogP contribution is -2.29. The molecule has 1 saturated carbocycles. The fourth-order valence-corrected chi connectivity index (χ4v) is 2.07. The van der Waals surface area contributed by atoms with Crippen molar-refractivity contribution < 1.29 is 14.7 Å². The van der Waals surface area contributed by atoms with E-state index in [0.717, 1.165) is 12.3 Å². The highest BCUT2D eigenvalue weighted by Crippen LogP contribution is 2.28. The summed E-state index contributed by atoms with van der Waals surface area (Å²) < 4.78 is 4.83. The zero-order valence-electron chi connectivity index (χ0n) is 9.58. The molecule has 1 aliphatic rings. The van der Waals surface area contributed by atoms with Crippen molar-refractivity contribution in [3.05, 3.63) is 0 Å². The van der Waals surface area contributed by atoms with Crippen LogP contribution in [0.3, 0.4) is 0 Å². The maximum atomic E-state index is 9.69. The van der Waals surface area contributed by atoms with E-state index in [4.69, 9.17) is 9.57 Å². The average Bonchev–Trinajstić information content (AvgIpc) is 2.70. The molecule has 0 aromatic heterocycles. The van der Waals surface area contributed by atoms with E-state index >= 15 is 0 Å². The van der Waals surface area contributed by atoms with E-state index < -0.39 is 0 Å². The second-order valence-electron chi connectivity index (χ2n) is 4.23. The summed E-state index contributed by atoms with van der Waals surface area (Å²) in [5.74, 6) is 0.723. The van der Waals surface area contributed by atoms with Gasteiger partial charge in [0.05, 0.1) is 19.3 Å². The quantitative estimate of drug-likeness (QED) is 0.472. The predicted molar refractivity (Wildman–Crippen MR) is 58.4 cm³/mol. The van der Waals surface area contributed by atoms with E-state index in [1.807, 2.05) is 0 Å². The fourth-order valence-electron chi connectivity index (χ4n) is 2.07. The van der Waals surface area contributed by atoms with E-state index in [0.29, 0.717) is 19.8 Å². The minimum absolute atomic E-state index is 0.282. The third-order valence-electron chi connectivity index (χ3n) is 2.89. The van der Waals surface area contributed by atoms with Crippen molar-refractivity contribution in [1.29, 1.82) is 0 Å². The molecule has 0 aliphatic heterocycles. The molecule has 15 heavy (non-hydrogen) atoms. The van der Waals surface area contributed by atoms with Gasteiger partial charge in [-0.05, 0) is 12.3 Å². The maximum absolute atomic E-state index is 9.69. The van der Waals surface area contributed by atoms with Crippen LogP contribution >= 0.6 is 0 Å². The highest BCUT2D eigenvalue weighted by molar-refractivity contribution is 4.71. The molecule has 0 radical (unpaired) electrons. The summed E-state index contributed by atoms with van der Waals surface area (Å²) in [5, 5.41) is 9.69. The molecule has 0 aromatic carbocycles. The van der Waals surface area contributed by atoms with Crippen molar-refractivity contribution in [1.82, 2.24) is 5.48 Å². The van der Waals surface area contributed by atoms with Gasteiger partial charge >= 0.3 is 0 Å². The van der Waals surface area contributed by atoms with Gasteiger partial charge in [0.2, 0.25) is 0 Å². The van der Waals surface area contributed by atoms with Gasteiger partial charge in [-0.3, -0.25) is 4.84 Å². The van der Waals surface area contributed by atoms with Crippen molar-refractivity contribution in [2.24, 2.45) is 5.92 Å². The lowest BCUT2D eigenvalue weighted by molar-refractivity contribution is -0.0139. The first kappa shape index (κ1) is 12.9. The molecule has 2 N–H and O–H groups in total. The zero-order chi connectivity index (χ0) is 10.9. The summed E-state index contributed by atoms with van der Waals surface area (Å²) >= 11 is 0. The Hall–Kier alpha value is -0.160. The second-order valence-corrected chi connectivity index (χ2v) is 4.23. The molecular weight excluding hydrogens is 194 g/mol. The first-order chi connectivity index (χ1) is 7.33. The molecule has 0 aromatic rings. The third-order valence-corrected chi connectivity index (χ3v) is 2.89. The first-order valence-corrected chi connectivity index (χ1v) is 5.84. The molecule has 0 bridgehead atoms. The van der Waals surface area contributed by atoms with Gasteiger partial charge in [0.25, 0.3) is 0 Å². The molecule has 0 amide bonds. The molecule has 0 spiro atoms. The van der Waals surface area contributed by atoms with Crippen molar-refractivity contribution in [3.63, 3.8) is 0 Å². The fraction of sp³-hybridized carbons (Fsp3) is 1.00. The molecular formula is C11H23NO3. The van der Waals surface area contributed by atoms with Gasteiger partial charge < -0.3 is 9.84 Å². The predicted octanol–water partition coefficient (Wildman–Crippen LogP) is 1.10. The lowest BCUT2D eigenvalue weighted by Gasteiger charge is -2.15. The number of aliphatic hydroxyl groups is 1. The SMILES string of the molecule is COCCONCC(O)CC1CCCC1. The van der Waals surface area contributed by atoms with Crippen LogP contribution in [0.15, 0.2) is 0 Å². The monoisotopic (exact) mass is 217 g/mol. The van der Waals surface area contributed by atoms with E-state index in [-0.39, 0.29) is 6.10 Å². The standard InChI is InChI=1S/C11H23NO3/c1-14-6-7-15-12-9-11(13)8-10-4-2-3-5-10/h10-13H,2-9H2,1H3. The number of aliphatic hydroxyl groups excluding tert-OH is 1. The van der Waals surface area contributed by atoms with Gasteiger partial charge in [0, 0.05) is 13.7 Å².